The molecule has 0 fully saturated rings. The van der Waals surface area contributed by atoms with Gasteiger partial charge in [-0.15, -0.1) is 0 Å². The van der Waals surface area contributed by atoms with Gasteiger partial charge in [-0.2, -0.15) is 9.97 Å². The van der Waals surface area contributed by atoms with Crippen molar-refractivity contribution >= 4 is 16.0 Å². The monoisotopic (exact) mass is 384 g/mol. The maximum absolute atomic E-state index is 12.2. The molecule has 0 spiro atoms. The highest BCUT2D eigenvalue weighted by molar-refractivity contribution is 7.88. The number of rotatable bonds is 7. The van der Waals surface area contributed by atoms with Crippen LogP contribution in [0.5, 0.6) is 23.5 Å². The summed E-state index contributed by atoms with van der Waals surface area (Å²) in [5.41, 5.74) is -0.270. The molecule has 140 valence electrons. The van der Waals surface area contributed by atoms with Crippen LogP contribution in [-0.4, -0.2) is 61.3 Å². The molecule has 2 rings (SSSR count). The van der Waals surface area contributed by atoms with E-state index in [0.717, 1.165) is 13.3 Å². The number of carbonyl (C=O) groups excluding carboxylic acids is 1. The first-order valence-electron chi connectivity index (χ1n) is 7.00. The van der Waals surface area contributed by atoms with Gasteiger partial charge in [-0.25, -0.2) is 18.2 Å². The van der Waals surface area contributed by atoms with Gasteiger partial charge in [-0.05, 0) is 16.6 Å². The fourth-order valence-electron chi connectivity index (χ4n) is 1.59. The normalized spacial score (nSPS) is 11.1. The van der Waals surface area contributed by atoms with E-state index in [4.69, 9.17) is 19.0 Å². The van der Waals surface area contributed by atoms with Gasteiger partial charge >= 0.3 is 12.0 Å². The van der Waals surface area contributed by atoms with E-state index in [-0.39, 0.29) is 29.2 Å². The van der Waals surface area contributed by atoms with Crippen molar-refractivity contribution in [3.05, 3.63) is 30.1 Å². The molecule has 0 aliphatic heterocycles. The van der Waals surface area contributed by atoms with Gasteiger partial charge in [-0.3, -0.25) is 0 Å². The quantitative estimate of drug-likeness (QED) is 0.627. The average molecular weight is 384 g/mol. The minimum atomic E-state index is -3.73. The van der Waals surface area contributed by atoms with E-state index in [2.05, 4.69) is 15.0 Å². The van der Waals surface area contributed by atoms with Gasteiger partial charge in [-0.1, -0.05) is 0 Å². The van der Waals surface area contributed by atoms with Crippen molar-refractivity contribution in [2.24, 2.45) is 0 Å². The largest absolute Gasteiger partial charge is 0.481 e. The van der Waals surface area contributed by atoms with Gasteiger partial charge in [0.05, 0.1) is 26.5 Å². The van der Waals surface area contributed by atoms with Gasteiger partial charge in [0.1, 0.15) is 0 Å². The molecule has 0 aliphatic carbocycles. The molecule has 26 heavy (non-hydrogen) atoms. The predicted molar refractivity (Wildman–Crippen MR) is 87.5 cm³/mol. The highest BCUT2D eigenvalue weighted by atomic mass is 32.2. The zero-order valence-electron chi connectivity index (χ0n) is 14.4. The van der Waals surface area contributed by atoms with Crippen molar-refractivity contribution in [3.63, 3.8) is 0 Å². The number of pyridine rings is 1. The Labute approximate surface area is 149 Å². The molecular formula is C14H16N4O7S. The molecule has 2 aromatic heterocycles. The first kappa shape index (κ1) is 19.3. The zero-order chi connectivity index (χ0) is 19.3. The topological polar surface area (TPSA) is 130 Å². The summed E-state index contributed by atoms with van der Waals surface area (Å²) in [6.45, 7) is 0. The Morgan fingerprint density at radius 2 is 1.77 bits per heavy atom. The summed E-state index contributed by atoms with van der Waals surface area (Å²) in [4.78, 5) is 28.7. The summed E-state index contributed by atoms with van der Waals surface area (Å²) < 4.78 is 38.6. The number of hydrogen-bond acceptors (Lipinski definition) is 10. The highest BCUT2D eigenvalue weighted by Crippen LogP contribution is 2.26. The molecule has 0 radical (unpaired) electrons. The Bertz CT molecular complexity index is 882. The summed E-state index contributed by atoms with van der Waals surface area (Å²) in [7, 11) is 0.149. The number of carbonyl (C=O) groups is 1. The average Bonchev–Trinajstić information content (AvgIpc) is 2.60. The molecule has 0 N–H and O–H groups in total. The van der Waals surface area contributed by atoms with Crippen LogP contribution in [0, 0.1) is 0 Å². The lowest BCUT2D eigenvalue weighted by atomic mass is 10.3. The smallest absolute Gasteiger partial charge is 0.380 e. The third-order valence-corrected chi connectivity index (χ3v) is 3.93. The van der Waals surface area contributed by atoms with E-state index in [1.54, 1.807) is 0 Å². The molecule has 2 aromatic rings. The zero-order valence-corrected chi connectivity index (χ0v) is 15.2. The first-order chi connectivity index (χ1) is 12.2. The van der Waals surface area contributed by atoms with Gasteiger partial charge < -0.3 is 19.0 Å². The lowest BCUT2D eigenvalue weighted by Crippen LogP contribution is -2.29. The molecule has 0 aromatic carbocycles. The fraction of sp³-hybridized carbons (Fsp3) is 0.286. The van der Waals surface area contributed by atoms with Crippen LogP contribution in [0.15, 0.2) is 24.4 Å². The molecule has 0 saturated carbocycles. The van der Waals surface area contributed by atoms with Crippen LogP contribution in [0.3, 0.4) is 0 Å². The van der Waals surface area contributed by atoms with Crippen LogP contribution in [-0.2, 0) is 14.9 Å². The summed E-state index contributed by atoms with van der Waals surface area (Å²) in [5.74, 6) is -0.730. The minimum Gasteiger partial charge on any atom is -0.481 e. The molecule has 2 heterocycles. The molecular weight excluding hydrogens is 368 g/mol. The maximum atomic E-state index is 12.2. The van der Waals surface area contributed by atoms with Crippen LogP contribution in [0.1, 0.15) is 10.5 Å². The van der Waals surface area contributed by atoms with Crippen LogP contribution in [0.25, 0.3) is 0 Å². The van der Waals surface area contributed by atoms with E-state index in [9.17, 15) is 13.2 Å². The van der Waals surface area contributed by atoms with E-state index in [0.29, 0.717) is 4.47 Å². The summed E-state index contributed by atoms with van der Waals surface area (Å²) in [6.07, 6.45) is 2.20. The number of methoxy groups -OCH3 is 2. The number of nitrogens with zero attached hydrogens (tertiary/aromatic N) is 4. The summed E-state index contributed by atoms with van der Waals surface area (Å²) in [6, 6.07) is 4.19. The van der Waals surface area contributed by atoms with Crippen molar-refractivity contribution < 1.29 is 32.3 Å². The van der Waals surface area contributed by atoms with Crippen molar-refractivity contribution in [2.75, 3.05) is 27.5 Å². The van der Waals surface area contributed by atoms with Gasteiger partial charge in [0.2, 0.25) is 21.8 Å². The van der Waals surface area contributed by atoms with E-state index >= 15 is 0 Å². The van der Waals surface area contributed by atoms with Crippen molar-refractivity contribution in [2.45, 2.75) is 0 Å². The molecule has 0 amide bonds. The van der Waals surface area contributed by atoms with E-state index < -0.39 is 16.0 Å². The minimum absolute atomic E-state index is 0.0466. The van der Waals surface area contributed by atoms with Gasteiger partial charge in [0.15, 0.2) is 11.4 Å². The van der Waals surface area contributed by atoms with Crippen molar-refractivity contribution in [1.29, 1.82) is 0 Å². The lowest BCUT2D eigenvalue weighted by molar-refractivity contribution is -0.0299. The van der Waals surface area contributed by atoms with E-state index in [1.165, 1.54) is 38.6 Å². The Morgan fingerprint density at radius 1 is 1.15 bits per heavy atom. The van der Waals surface area contributed by atoms with Gasteiger partial charge in [0.25, 0.3) is 0 Å². The SMILES string of the molecule is COc1cc(OC)nc(Oc2cccnc2C(=O)ON(C)S(C)(=O)=O)n1. The second-order valence-electron chi connectivity index (χ2n) is 4.74. The molecule has 11 nitrogen and oxygen atoms in total. The standard InChI is InChI=1S/C14H16N4O7S/c1-18(26(4,20)21)25-13(19)12-9(6-5-7-15-12)24-14-16-10(22-2)8-11(17-14)23-3/h5-8H,1-4H3. The molecule has 0 bridgehead atoms. The fourth-order valence-corrected chi connectivity index (χ4v) is 1.79. The van der Waals surface area contributed by atoms with Crippen molar-refractivity contribution in [1.82, 2.24) is 19.4 Å². The number of hydrogen-bond donors (Lipinski definition) is 0. The maximum Gasteiger partial charge on any atom is 0.380 e. The predicted octanol–water partition coefficient (Wildman–Crippen LogP) is 0.644. The number of aromatic nitrogens is 3. The summed E-state index contributed by atoms with van der Waals surface area (Å²) in [5, 5.41) is 0. The number of ether oxygens (including phenoxy) is 3. The molecule has 0 unspecified atom stereocenters. The Kier molecular flexibility index (Phi) is 5.90. The third-order valence-electron chi connectivity index (χ3n) is 2.92. The number of hydroxylamine groups is 1. The van der Waals surface area contributed by atoms with Crippen molar-refractivity contribution in [3.8, 4) is 23.5 Å². The summed E-state index contributed by atoms with van der Waals surface area (Å²) >= 11 is 0. The second kappa shape index (κ2) is 7.93. The van der Waals surface area contributed by atoms with Gasteiger partial charge in [0, 0.05) is 13.2 Å². The highest BCUT2D eigenvalue weighted by Gasteiger charge is 2.23. The molecule has 0 aliphatic rings. The Morgan fingerprint density at radius 3 is 2.31 bits per heavy atom. The molecule has 0 atom stereocenters. The second-order valence-corrected chi connectivity index (χ2v) is 6.72. The van der Waals surface area contributed by atoms with Crippen LogP contribution < -0.4 is 14.2 Å². The van der Waals surface area contributed by atoms with Crippen LogP contribution in [0.4, 0.5) is 0 Å². The van der Waals surface area contributed by atoms with Crippen LogP contribution >= 0.6 is 0 Å². The van der Waals surface area contributed by atoms with E-state index in [1.807, 2.05) is 0 Å². The third kappa shape index (κ3) is 4.77. The molecule has 12 heteroatoms. The Hall–Kier alpha value is -2.99. The first-order valence-corrected chi connectivity index (χ1v) is 8.85. The van der Waals surface area contributed by atoms with Crippen LogP contribution in [0.2, 0.25) is 0 Å². The number of sulfonamides is 1. The Balaban J connectivity index is 2.31. The lowest BCUT2D eigenvalue weighted by Gasteiger charge is -2.14. The molecule has 0 saturated heterocycles.